The SMILES string of the molecule is CCOC(=O)C1CCC(NC(=NC)NCCC2CC2)CC1.I. The van der Waals surface area contributed by atoms with Crippen LogP contribution in [-0.4, -0.2) is 38.2 Å². The number of guanidine groups is 1. The van der Waals surface area contributed by atoms with Gasteiger partial charge in [0, 0.05) is 19.6 Å². The maximum atomic E-state index is 11.7. The van der Waals surface area contributed by atoms with E-state index in [1.54, 1.807) is 0 Å². The second-order valence-corrected chi connectivity index (χ2v) is 6.18. The second-order valence-electron chi connectivity index (χ2n) is 6.18. The molecule has 0 spiro atoms. The van der Waals surface area contributed by atoms with Crippen molar-refractivity contribution in [2.45, 2.75) is 57.9 Å². The smallest absolute Gasteiger partial charge is 0.308 e. The number of hydrogen-bond donors (Lipinski definition) is 2. The minimum atomic E-state index is -0.0251. The van der Waals surface area contributed by atoms with Crippen molar-refractivity contribution in [3.8, 4) is 0 Å². The molecule has 2 N–H and O–H groups in total. The topological polar surface area (TPSA) is 62.7 Å². The van der Waals surface area contributed by atoms with E-state index in [0.717, 1.165) is 44.1 Å². The Balaban J connectivity index is 0.00000242. The van der Waals surface area contributed by atoms with Crippen LogP contribution in [0.2, 0.25) is 0 Å². The van der Waals surface area contributed by atoms with Crippen LogP contribution in [0.3, 0.4) is 0 Å². The molecule has 5 nitrogen and oxygen atoms in total. The highest BCUT2D eigenvalue weighted by atomic mass is 127. The van der Waals surface area contributed by atoms with Crippen LogP contribution in [0.1, 0.15) is 51.9 Å². The summed E-state index contributed by atoms with van der Waals surface area (Å²) >= 11 is 0. The molecule has 22 heavy (non-hydrogen) atoms. The lowest BCUT2D eigenvalue weighted by molar-refractivity contribution is -0.149. The molecule has 2 aliphatic carbocycles. The minimum absolute atomic E-state index is 0. The summed E-state index contributed by atoms with van der Waals surface area (Å²) in [5.41, 5.74) is 0. The van der Waals surface area contributed by atoms with E-state index in [1.807, 2.05) is 14.0 Å². The van der Waals surface area contributed by atoms with E-state index in [1.165, 1.54) is 19.3 Å². The van der Waals surface area contributed by atoms with Crippen molar-refractivity contribution >= 4 is 35.9 Å². The Morgan fingerprint density at radius 1 is 1.18 bits per heavy atom. The quantitative estimate of drug-likeness (QED) is 0.299. The molecule has 0 radical (unpaired) electrons. The molecule has 0 aromatic rings. The van der Waals surface area contributed by atoms with Gasteiger partial charge in [-0.2, -0.15) is 0 Å². The van der Waals surface area contributed by atoms with E-state index in [-0.39, 0.29) is 35.9 Å². The summed E-state index contributed by atoms with van der Waals surface area (Å²) in [6.45, 7) is 3.35. The number of carbonyl (C=O) groups is 1. The van der Waals surface area contributed by atoms with Crippen molar-refractivity contribution in [2.24, 2.45) is 16.8 Å². The highest BCUT2D eigenvalue weighted by molar-refractivity contribution is 14.0. The Kier molecular flexibility index (Phi) is 9.12. The molecule has 2 saturated carbocycles. The minimum Gasteiger partial charge on any atom is -0.466 e. The third-order valence-electron chi connectivity index (χ3n) is 4.45. The van der Waals surface area contributed by atoms with Gasteiger partial charge in [0.25, 0.3) is 0 Å². The zero-order valence-electron chi connectivity index (χ0n) is 13.8. The van der Waals surface area contributed by atoms with Gasteiger partial charge in [0.15, 0.2) is 5.96 Å². The zero-order chi connectivity index (χ0) is 15.1. The first-order chi connectivity index (χ1) is 10.2. The van der Waals surface area contributed by atoms with Crippen molar-refractivity contribution in [1.29, 1.82) is 0 Å². The standard InChI is InChI=1S/C16H29N3O2.HI/c1-3-21-15(20)13-6-8-14(9-7-13)19-16(17-2)18-11-10-12-4-5-12;/h12-14H,3-11H2,1-2H3,(H2,17,18,19);1H. The molecular formula is C16H30IN3O2. The molecule has 0 bridgehead atoms. The zero-order valence-corrected chi connectivity index (χ0v) is 16.1. The Bertz CT molecular complexity index is 364. The molecule has 0 aliphatic heterocycles. The van der Waals surface area contributed by atoms with Crippen molar-refractivity contribution in [1.82, 2.24) is 10.6 Å². The number of esters is 1. The number of carbonyl (C=O) groups excluding carboxylic acids is 1. The summed E-state index contributed by atoms with van der Waals surface area (Å²) in [5, 5.41) is 6.87. The van der Waals surface area contributed by atoms with Gasteiger partial charge in [-0.25, -0.2) is 0 Å². The lowest BCUT2D eigenvalue weighted by atomic mass is 9.86. The van der Waals surface area contributed by atoms with Crippen LogP contribution in [0.5, 0.6) is 0 Å². The fraction of sp³-hybridized carbons (Fsp3) is 0.875. The molecule has 2 rings (SSSR count). The van der Waals surface area contributed by atoms with Crippen molar-refractivity contribution in [2.75, 3.05) is 20.2 Å². The monoisotopic (exact) mass is 423 g/mol. The molecule has 0 atom stereocenters. The van der Waals surface area contributed by atoms with E-state index in [4.69, 9.17) is 4.74 Å². The molecule has 0 aromatic carbocycles. The Morgan fingerprint density at radius 2 is 1.86 bits per heavy atom. The molecule has 0 amide bonds. The number of ether oxygens (including phenoxy) is 1. The van der Waals surface area contributed by atoms with Crippen LogP contribution >= 0.6 is 24.0 Å². The van der Waals surface area contributed by atoms with E-state index >= 15 is 0 Å². The van der Waals surface area contributed by atoms with E-state index in [9.17, 15) is 4.79 Å². The lowest BCUT2D eigenvalue weighted by Crippen LogP contribution is -2.45. The molecule has 2 fully saturated rings. The lowest BCUT2D eigenvalue weighted by Gasteiger charge is -2.29. The molecule has 2 aliphatic rings. The van der Waals surface area contributed by atoms with Crippen LogP contribution in [0.15, 0.2) is 4.99 Å². The fourth-order valence-electron chi connectivity index (χ4n) is 2.92. The number of rotatable bonds is 6. The largest absolute Gasteiger partial charge is 0.466 e. The predicted octanol–water partition coefficient (Wildman–Crippen LogP) is 2.69. The third-order valence-corrected chi connectivity index (χ3v) is 4.45. The molecule has 128 valence electrons. The summed E-state index contributed by atoms with van der Waals surface area (Å²) in [6, 6.07) is 0.419. The first-order valence-electron chi connectivity index (χ1n) is 8.36. The molecular weight excluding hydrogens is 393 g/mol. The van der Waals surface area contributed by atoms with Crippen LogP contribution in [0, 0.1) is 11.8 Å². The van der Waals surface area contributed by atoms with Gasteiger partial charge >= 0.3 is 5.97 Å². The molecule has 0 aromatic heterocycles. The first kappa shape index (κ1) is 19.5. The van der Waals surface area contributed by atoms with Crippen LogP contribution in [-0.2, 0) is 9.53 Å². The second kappa shape index (κ2) is 10.3. The van der Waals surface area contributed by atoms with Gasteiger partial charge in [-0.05, 0) is 44.9 Å². The fourth-order valence-corrected chi connectivity index (χ4v) is 2.92. The van der Waals surface area contributed by atoms with E-state index < -0.39 is 0 Å². The average Bonchev–Trinajstić information content (AvgIpc) is 3.31. The van der Waals surface area contributed by atoms with Crippen molar-refractivity contribution in [3.63, 3.8) is 0 Å². The van der Waals surface area contributed by atoms with Gasteiger partial charge in [0.1, 0.15) is 0 Å². The van der Waals surface area contributed by atoms with Gasteiger partial charge in [-0.1, -0.05) is 12.8 Å². The first-order valence-corrected chi connectivity index (χ1v) is 8.36. The Labute approximate surface area is 151 Å². The van der Waals surface area contributed by atoms with E-state index in [2.05, 4.69) is 15.6 Å². The number of halogens is 1. The van der Waals surface area contributed by atoms with Gasteiger partial charge in [-0.15, -0.1) is 24.0 Å². The maximum absolute atomic E-state index is 11.7. The highest BCUT2D eigenvalue weighted by Crippen LogP contribution is 2.31. The third kappa shape index (κ3) is 6.71. The summed E-state index contributed by atoms with van der Waals surface area (Å²) in [4.78, 5) is 16.0. The number of hydrogen-bond acceptors (Lipinski definition) is 3. The molecule has 6 heteroatoms. The normalized spacial score (nSPS) is 25.1. The summed E-state index contributed by atoms with van der Waals surface area (Å²) in [7, 11) is 1.82. The van der Waals surface area contributed by atoms with Gasteiger partial charge in [-0.3, -0.25) is 9.79 Å². The molecule has 0 unspecified atom stereocenters. The average molecular weight is 423 g/mol. The van der Waals surface area contributed by atoms with Crippen LogP contribution in [0.4, 0.5) is 0 Å². The van der Waals surface area contributed by atoms with Crippen molar-refractivity contribution in [3.05, 3.63) is 0 Å². The Morgan fingerprint density at radius 3 is 2.41 bits per heavy atom. The van der Waals surface area contributed by atoms with E-state index in [0.29, 0.717) is 12.6 Å². The maximum Gasteiger partial charge on any atom is 0.308 e. The molecule has 0 heterocycles. The predicted molar refractivity (Wildman–Crippen MR) is 99.6 cm³/mol. The number of aliphatic imine (C=N–C) groups is 1. The number of nitrogens with zero attached hydrogens (tertiary/aromatic N) is 1. The van der Waals surface area contributed by atoms with Gasteiger partial charge in [0.05, 0.1) is 12.5 Å². The van der Waals surface area contributed by atoms with Crippen molar-refractivity contribution < 1.29 is 9.53 Å². The van der Waals surface area contributed by atoms with Gasteiger partial charge < -0.3 is 15.4 Å². The van der Waals surface area contributed by atoms with Crippen LogP contribution in [0.25, 0.3) is 0 Å². The highest BCUT2D eigenvalue weighted by Gasteiger charge is 2.27. The van der Waals surface area contributed by atoms with Crippen LogP contribution < -0.4 is 10.6 Å². The summed E-state index contributed by atoms with van der Waals surface area (Å²) < 4.78 is 5.10. The number of nitrogens with one attached hydrogen (secondary N) is 2. The Hall–Kier alpha value is -0.530. The molecule has 0 saturated heterocycles. The summed E-state index contributed by atoms with van der Waals surface area (Å²) in [6.07, 6.45) is 7.87. The van der Waals surface area contributed by atoms with Gasteiger partial charge in [0.2, 0.25) is 0 Å². The summed E-state index contributed by atoms with van der Waals surface area (Å²) in [5.74, 6) is 1.90.